The van der Waals surface area contributed by atoms with E-state index in [-0.39, 0.29) is 0 Å². The number of hydrogen-bond acceptors (Lipinski definition) is 1. The molecule has 100 valence electrons. The zero-order valence-corrected chi connectivity index (χ0v) is 12.3. The van der Waals surface area contributed by atoms with Gasteiger partial charge in [-0.3, -0.25) is 0 Å². The summed E-state index contributed by atoms with van der Waals surface area (Å²) < 4.78 is 0. The minimum atomic E-state index is -0.514. The lowest BCUT2D eigenvalue weighted by atomic mass is 9.97. The van der Waals surface area contributed by atoms with Crippen molar-refractivity contribution in [3.05, 3.63) is 69.2 Å². The third kappa shape index (κ3) is 3.59. The van der Waals surface area contributed by atoms with Gasteiger partial charge in [0.1, 0.15) is 0 Å². The Morgan fingerprint density at radius 3 is 2.37 bits per heavy atom. The van der Waals surface area contributed by atoms with E-state index >= 15 is 0 Å². The number of halogens is 1. The summed E-state index contributed by atoms with van der Waals surface area (Å²) in [7, 11) is 0. The molecule has 1 atom stereocenters. The second-order valence-corrected chi connectivity index (χ2v) is 5.64. The van der Waals surface area contributed by atoms with Crippen molar-refractivity contribution in [3.8, 4) is 0 Å². The summed E-state index contributed by atoms with van der Waals surface area (Å²) in [5, 5.41) is 11.0. The molecule has 0 heterocycles. The Labute approximate surface area is 119 Å². The average molecular weight is 275 g/mol. The van der Waals surface area contributed by atoms with Gasteiger partial charge in [0.25, 0.3) is 0 Å². The van der Waals surface area contributed by atoms with Gasteiger partial charge in [0.2, 0.25) is 0 Å². The minimum Gasteiger partial charge on any atom is -0.388 e. The molecule has 0 aliphatic heterocycles. The average Bonchev–Trinajstić information content (AvgIpc) is 2.32. The first-order valence-electron chi connectivity index (χ1n) is 6.47. The lowest BCUT2D eigenvalue weighted by molar-refractivity contribution is 0.178. The van der Waals surface area contributed by atoms with Gasteiger partial charge >= 0.3 is 0 Å². The molecule has 0 aromatic heterocycles. The Bertz CT molecular complexity index is 570. The monoisotopic (exact) mass is 274 g/mol. The highest BCUT2D eigenvalue weighted by Gasteiger charge is 2.10. The molecule has 1 unspecified atom stereocenters. The van der Waals surface area contributed by atoms with Crippen LogP contribution in [-0.4, -0.2) is 5.11 Å². The molecule has 2 aromatic rings. The summed E-state index contributed by atoms with van der Waals surface area (Å²) in [5.41, 5.74) is 5.63. The summed E-state index contributed by atoms with van der Waals surface area (Å²) >= 11 is 6.03. The lowest BCUT2D eigenvalue weighted by Crippen LogP contribution is -2.02. The van der Waals surface area contributed by atoms with E-state index in [1.54, 1.807) is 0 Å². The lowest BCUT2D eigenvalue weighted by Gasteiger charge is -2.13. The van der Waals surface area contributed by atoms with Crippen LogP contribution in [0.2, 0.25) is 5.02 Å². The molecule has 1 nitrogen and oxygen atoms in total. The second-order valence-electron chi connectivity index (χ2n) is 5.20. The minimum absolute atomic E-state index is 0.514. The van der Waals surface area contributed by atoms with Crippen LogP contribution in [0.4, 0.5) is 0 Å². The fourth-order valence-corrected chi connectivity index (χ4v) is 2.53. The van der Waals surface area contributed by atoms with Crippen molar-refractivity contribution in [2.24, 2.45) is 0 Å². The van der Waals surface area contributed by atoms with E-state index in [1.165, 1.54) is 11.1 Å². The molecule has 0 fully saturated rings. The maximum Gasteiger partial charge on any atom is 0.0830 e. The van der Waals surface area contributed by atoms with Crippen LogP contribution in [0.5, 0.6) is 0 Å². The molecule has 0 spiro atoms. The van der Waals surface area contributed by atoms with Gasteiger partial charge in [-0.1, -0.05) is 35.9 Å². The van der Waals surface area contributed by atoms with Gasteiger partial charge in [0.05, 0.1) is 6.10 Å². The zero-order chi connectivity index (χ0) is 14.0. The van der Waals surface area contributed by atoms with Crippen LogP contribution in [0.25, 0.3) is 0 Å². The summed E-state index contributed by atoms with van der Waals surface area (Å²) in [6.07, 6.45) is 0.0977. The third-order valence-electron chi connectivity index (χ3n) is 3.45. The third-order valence-corrected chi connectivity index (χ3v) is 3.67. The molecule has 19 heavy (non-hydrogen) atoms. The van der Waals surface area contributed by atoms with Crippen molar-refractivity contribution in [3.63, 3.8) is 0 Å². The molecule has 2 heteroatoms. The summed E-state index contributed by atoms with van der Waals surface area (Å²) in [4.78, 5) is 0. The fraction of sp³-hybridized carbons (Fsp3) is 0.294. The molecule has 1 N–H and O–H groups in total. The van der Waals surface area contributed by atoms with Crippen LogP contribution in [0, 0.1) is 20.8 Å². The molecule has 0 saturated carbocycles. The molecular formula is C17H19ClO. The zero-order valence-electron chi connectivity index (χ0n) is 11.6. The number of aliphatic hydroxyl groups is 1. The molecule has 0 aliphatic rings. The van der Waals surface area contributed by atoms with E-state index < -0.39 is 6.10 Å². The predicted octanol–water partition coefficient (Wildman–Crippen LogP) is 4.54. The molecule has 2 aromatic carbocycles. The van der Waals surface area contributed by atoms with Crippen molar-refractivity contribution in [1.82, 2.24) is 0 Å². The van der Waals surface area contributed by atoms with E-state index in [9.17, 15) is 5.11 Å². The van der Waals surface area contributed by atoms with Crippen LogP contribution in [0.3, 0.4) is 0 Å². The topological polar surface area (TPSA) is 20.2 Å². The van der Waals surface area contributed by atoms with Gasteiger partial charge in [-0.25, -0.2) is 0 Å². The Morgan fingerprint density at radius 1 is 1.00 bits per heavy atom. The molecular weight excluding hydrogens is 256 g/mol. The van der Waals surface area contributed by atoms with E-state index in [0.717, 1.165) is 16.7 Å². The number of benzene rings is 2. The van der Waals surface area contributed by atoms with Gasteiger partial charge in [0.15, 0.2) is 0 Å². The Morgan fingerprint density at radius 2 is 1.74 bits per heavy atom. The van der Waals surface area contributed by atoms with Gasteiger partial charge < -0.3 is 5.11 Å². The van der Waals surface area contributed by atoms with Gasteiger partial charge in [-0.2, -0.15) is 0 Å². The molecule has 0 aliphatic carbocycles. The second kappa shape index (κ2) is 5.77. The normalized spacial score (nSPS) is 12.5. The maximum absolute atomic E-state index is 10.3. The molecule has 0 saturated heterocycles. The largest absolute Gasteiger partial charge is 0.388 e. The SMILES string of the molecule is Cc1cc(Cl)cc(C(O)Cc2ccc(C)c(C)c2)c1. The van der Waals surface area contributed by atoms with Crippen LogP contribution in [0.1, 0.15) is 33.9 Å². The molecule has 0 bridgehead atoms. The summed E-state index contributed by atoms with van der Waals surface area (Å²) in [6, 6.07) is 12.0. The summed E-state index contributed by atoms with van der Waals surface area (Å²) in [5.74, 6) is 0. The highest BCUT2D eigenvalue weighted by atomic mass is 35.5. The molecule has 0 amide bonds. The van der Waals surface area contributed by atoms with Gasteiger partial charge in [-0.15, -0.1) is 0 Å². The highest BCUT2D eigenvalue weighted by molar-refractivity contribution is 6.30. The Kier molecular flexibility index (Phi) is 4.28. The Balaban J connectivity index is 2.20. The van der Waals surface area contributed by atoms with E-state index in [0.29, 0.717) is 11.4 Å². The molecule has 2 rings (SSSR count). The van der Waals surface area contributed by atoms with Crippen LogP contribution in [-0.2, 0) is 6.42 Å². The van der Waals surface area contributed by atoms with Gasteiger partial charge in [0, 0.05) is 11.4 Å². The van der Waals surface area contributed by atoms with Crippen molar-refractivity contribution in [1.29, 1.82) is 0 Å². The number of aliphatic hydroxyl groups excluding tert-OH is 1. The summed E-state index contributed by atoms with van der Waals surface area (Å²) in [6.45, 7) is 6.17. The maximum atomic E-state index is 10.3. The first kappa shape index (κ1) is 14.1. The van der Waals surface area contributed by atoms with Crippen molar-refractivity contribution in [2.45, 2.75) is 33.3 Å². The number of aryl methyl sites for hydroxylation is 3. The van der Waals surface area contributed by atoms with Crippen molar-refractivity contribution >= 4 is 11.6 Å². The molecule has 0 radical (unpaired) electrons. The van der Waals surface area contributed by atoms with Crippen LogP contribution < -0.4 is 0 Å². The van der Waals surface area contributed by atoms with Crippen molar-refractivity contribution < 1.29 is 5.11 Å². The quantitative estimate of drug-likeness (QED) is 0.871. The van der Waals surface area contributed by atoms with E-state index in [4.69, 9.17) is 11.6 Å². The van der Waals surface area contributed by atoms with Crippen molar-refractivity contribution in [2.75, 3.05) is 0 Å². The predicted molar refractivity (Wildman–Crippen MR) is 80.8 cm³/mol. The van der Waals surface area contributed by atoms with E-state index in [2.05, 4.69) is 32.0 Å². The standard InChI is InChI=1S/C17H19ClO/c1-11-6-15(10-16(18)7-11)17(19)9-14-5-4-12(2)13(3)8-14/h4-8,10,17,19H,9H2,1-3H3. The number of rotatable bonds is 3. The Hall–Kier alpha value is -1.31. The first-order valence-corrected chi connectivity index (χ1v) is 6.85. The van der Waals surface area contributed by atoms with E-state index in [1.807, 2.05) is 25.1 Å². The highest BCUT2D eigenvalue weighted by Crippen LogP contribution is 2.24. The first-order chi connectivity index (χ1) is 8.95. The van der Waals surface area contributed by atoms with Gasteiger partial charge in [-0.05, 0) is 60.7 Å². The van der Waals surface area contributed by atoms with Crippen LogP contribution in [0.15, 0.2) is 36.4 Å². The van der Waals surface area contributed by atoms with Crippen LogP contribution >= 0.6 is 11.6 Å². The smallest absolute Gasteiger partial charge is 0.0830 e. The fourth-order valence-electron chi connectivity index (χ4n) is 2.23. The number of hydrogen-bond donors (Lipinski definition) is 1.